The molecule has 0 aliphatic rings. The van der Waals surface area contributed by atoms with Gasteiger partial charge in [-0.3, -0.25) is 0 Å². The maximum atomic E-state index is 5.25. The number of hydrogen-bond donors (Lipinski definition) is 1. The van der Waals surface area contributed by atoms with E-state index in [1.54, 1.807) is 0 Å². The first-order valence-electron chi connectivity index (χ1n) is 2.45. The minimum Gasteiger partial charge on any atom is -0.330 e. The van der Waals surface area contributed by atoms with E-state index in [1.165, 1.54) is 0 Å². The summed E-state index contributed by atoms with van der Waals surface area (Å²) in [4.78, 5) is 1.87. The summed E-state index contributed by atoms with van der Waals surface area (Å²) < 4.78 is 0. The van der Waals surface area contributed by atoms with Gasteiger partial charge in [0.15, 0.2) is 0 Å². The monoisotopic (exact) mass is 195 g/mol. The van der Waals surface area contributed by atoms with Gasteiger partial charge in [-0.25, -0.2) is 0 Å². The molecule has 0 saturated heterocycles. The molecule has 0 aliphatic carbocycles. The SMILES string of the molecule is NCCSCC=CBr. The highest BCUT2D eigenvalue weighted by atomic mass is 79.9. The number of nitrogens with two attached hydrogens (primary N) is 1. The second kappa shape index (κ2) is 7.53. The summed E-state index contributed by atoms with van der Waals surface area (Å²) in [6.45, 7) is 0.779. The molecule has 0 rings (SSSR count). The van der Waals surface area contributed by atoms with Crippen LogP contribution in [0.2, 0.25) is 0 Å². The Labute approximate surface area is 62.8 Å². The molecule has 8 heavy (non-hydrogen) atoms. The summed E-state index contributed by atoms with van der Waals surface area (Å²) in [5.74, 6) is 2.11. The quantitative estimate of drug-likeness (QED) is 0.691. The van der Waals surface area contributed by atoms with Crippen molar-refractivity contribution < 1.29 is 0 Å². The van der Waals surface area contributed by atoms with Crippen LogP contribution in [-0.4, -0.2) is 18.1 Å². The van der Waals surface area contributed by atoms with Crippen molar-refractivity contribution in [3.05, 3.63) is 11.1 Å². The lowest BCUT2D eigenvalue weighted by Crippen LogP contribution is -2.01. The molecular weight excluding hydrogens is 186 g/mol. The van der Waals surface area contributed by atoms with Gasteiger partial charge in [0.25, 0.3) is 0 Å². The van der Waals surface area contributed by atoms with Crippen LogP contribution >= 0.6 is 27.7 Å². The highest BCUT2D eigenvalue weighted by Gasteiger charge is 1.78. The third-order valence-electron chi connectivity index (χ3n) is 0.565. The van der Waals surface area contributed by atoms with Crippen molar-refractivity contribution in [2.45, 2.75) is 0 Å². The van der Waals surface area contributed by atoms with Gasteiger partial charge in [-0.15, -0.1) is 0 Å². The van der Waals surface area contributed by atoms with E-state index in [0.717, 1.165) is 18.1 Å². The lowest BCUT2D eigenvalue weighted by Gasteiger charge is -1.89. The molecule has 0 amide bonds. The van der Waals surface area contributed by atoms with Crippen LogP contribution in [0.5, 0.6) is 0 Å². The zero-order chi connectivity index (χ0) is 6.24. The van der Waals surface area contributed by atoms with E-state index in [9.17, 15) is 0 Å². The average Bonchev–Trinajstić information content (AvgIpc) is 1.81. The molecule has 48 valence electrons. The maximum absolute atomic E-state index is 5.25. The van der Waals surface area contributed by atoms with Gasteiger partial charge in [0.2, 0.25) is 0 Å². The van der Waals surface area contributed by atoms with Crippen LogP contribution in [0.15, 0.2) is 11.1 Å². The average molecular weight is 196 g/mol. The Bertz CT molecular complexity index is 65.4. The van der Waals surface area contributed by atoms with E-state index in [4.69, 9.17) is 5.73 Å². The lowest BCUT2D eigenvalue weighted by molar-refractivity contribution is 1.15. The fourth-order valence-electron chi connectivity index (χ4n) is 0.271. The first-order chi connectivity index (χ1) is 3.91. The Balaban J connectivity index is 2.72. The summed E-state index contributed by atoms with van der Waals surface area (Å²) in [5, 5.41) is 0. The summed E-state index contributed by atoms with van der Waals surface area (Å²) >= 11 is 5.01. The van der Waals surface area contributed by atoms with Gasteiger partial charge in [-0.2, -0.15) is 11.8 Å². The summed E-state index contributed by atoms with van der Waals surface area (Å²) in [6.07, 6.45) is 2.06. The lowest BCUT2D eigenvalue weighted by atomic mass is 10.8. The molecule has 0 heterocycles. The van der Waals surface area contributed by atoms with Crippen molar-refractivity contribution >= 4 is 27.7 Å². The van der Waals surface area contributed by atoms with Crippen LogP contribution in [0.4, 0.5) is 0 Å². The van der Waals surface area contributed by atoms with Gasteiger partial charge in [-0.1, -0.05) is 22.0 Å². The third kappa shape index (κ3) is 6.53. The standard InChI is InChI=1S/C5H10BrNS/c6-2-1-4-8-5-3-7/h1-2H,3-5,7H2. The zero-order valence-corrected chi connectivity index (χ0v) is 7.04. The number of halogens is 1. The predicted octanol–water partition coefficient (Wildman–Crippen LogP) is 1.59. The second-order valence-electron chi connectivity index (χ2n) is 1.23. The van der Waals surface area contributed by atoms with Gasteiger partial charge in [0.1, 0.15) is 0 Å². The van der Waals surface area contributed by atoms with Crippen LogP contribution < -0.4 is 5.73 Å². The molecule has 2 N–H and O–H groups in total. The summed E-state index contributed by atoms with van der Waals surface area (Å²) in [7, 11) is 0. The zero-order valence-electron chi connectivity index (χ0n) is 4.64. The highest BCUT2D eigenvalue weighted by Crippen LogP contribution is 1.98. The third-order valence-corrected chi connectivity index (χ3v) is 1.89. The predicted molar refractivity (Wildman–Crippen MR) is 44.4 cm³/mol. The first kappa shape index (κ1) is 8.53. The molecular formula is C5H10BrNS. The molecule has 0 spiro atoms. The fraction of sp³-hybridized carbons (Fsp3) is 0.600. The van der Waals surface area contributed by atoms with Crippen molar-refractivity contribution in [2.24, 2.45) is 5.73 Å². The van der Waals surface area contributed by atoms with Crippen LogP contribution in [0, 0.1) is 0 Å². The summed E-state index contributed by atoms with van der Waals surface area (Å²) in [6, 6.07) is 0. The van der Waals surface area contributed by atoms with Gasteiger partial charge in [0.05, 0.1) is 0 Å². The molecule has 0 aliphatic heterocycles. The maximum Gasteiger partial charge on any atom is 0.0122 e. The van der Waals surface area contributed by atoms with E-state index in [0.29, 0.717) is 0 Å². The molecule has 0 radical (unpaired) electrons. The van der Waals surface area contributed by atoms with Crippen molar-refractivity contribution in [1.29, 1.82) is 0 Å². The fourth-order valence-corrected chi connectivity index (χ4v) is 1.27. The molecule has 0 aromatic heterocycles. The van der Waals surface area contributed by atoms with Crippen LogP contribution in [0.1, 0.15) is 0 Å². The van der Waals surface area contributed by atoms with E-state index in [1.807, 2.05) is 16.7 Å². The second-order valence-corrected chi connectivity index (χ2v) is 2.90. The molecule has 0 atom stereocenters. The van der Waals surface area contributed by atoms with E-state index in [2.05, 4.69) is 22.0 Å². The molecule has 0 unspecified atom stereocenters. The molecule has 0 aromatic carbocycles. The molecule has 0 aromatic rings. The van der Waals surface area contributed by atoms with E-state index < -0.39 is 0 Å². The van der Waals surface area contributed by atoms with Crippen LogP contribution in [0.25, 0.3) is 0 Å². The highest BCUT2D eigenvalue weighted by molar-refractivity contribution is 9.11. The smallest absolute Gasteiger partial charge is 0.0122 e. The minimum atomic E-state index is 0.779. The van der Waals surface area contributed by atoms with Gasteiger partial charge in [0, 0.05) is 18.1 Å². The topological polar surface area (TPSA) is 26.0 Å². The van der Waals surface area contributed by atoms with Crippen molar-refractivity contribution in [3.8, 4) is 0 Å². The van der Waals surface area contributed by atoms with Crippen molar-refractivity contribution in [2.75, 3.05) is 18.1 Å². The van der Waals surface area contributed by atoms with Crippen molar-refractivity contribution in [3.63, 3.8) is 0 Å². The number of thioether (sulfide) groups is 1. The minimum absolute atomic E-state index is 0.779. The van der Waals surface area contributed by atoms with Gasteiger partial charge >= 0.3 is 0 Å². The van der Waals surface area contributed by atoms with Crippen LogP contribution in [0.3, 0.4) is 0 Å². The van der Waals surface area contributed by atoms with Gasteiger partial charge in [-0.05, 0) is 4.99 Å². The van der Waals surface area contributed by atoms with Crippen molar-refractivity contribution in [1.82, 2.24) is 0 Å². The van der Waals surface area contributed by atoms with Gasteiger partial charge < -0.3 is 5.73 Å². The largest absolute Gasteiger partial charge is 0.330 e. The number of rotatable bonds is 4. The summed E-state index contributed by atoms with van der Waals surface area (Å²) in [5.41, 5.74) is 5.25. The van der Waals surface area contributed by atoms with Crippen LogP contribution in [-0.2, 0) is 0 Å². The van der Waals surface area contributed by atoms with E-state index >= 15 is 0 Å². The Morgan fingerprint density at radius 3 is 2.88 bits per heavy atom. The normalized spacial score (nSPS) is 10.8. The Morgan fingerprint density at radius 2 is 2.38 bits per heavy atom. The Kier molecular flexibility index (Phi) is 8.03. The number of hydrogen-bond acceptors (Lipinski definition) is 2. The molecule has 0 fully saturated rings. The molecule has 0 saturated carbocycles. The molecule has 3 heteroatoms. The first-order valence-corrected chi connectivity index (χ1v) is 4.52. The van der Waals surface area contributed by atoms with E-state index in [-0.39, 0.29) is 0 Å². The molecule has 1 nitrogen and oxygen atoms in total. The molecule has 0 bridgehead atoms. The Hall–Kier alpha value is 0.530. The Morgan fingerprint density at radius 1 is 1.62 bits per heavy atom.